The van der Waals surface area contributed by atoms with Crippen LogP contribution in [0.4, 0.5) is 4.39 Å². The van der Waals surface area contributed by atoms with Crippen LogP contribution in [-0.2, 0) is 9.53 Å². The van der Waals surface area contributed by atoms with Crippen LogP contribution in [0.25, 0.3) is 0 Å². The summed E-state index contributed by atoms with van der Waals surface area (Å²) in [6.07, 6.45) is 3.52. The van der Waals surface area contributed by atoms with Gasteiger partial charge in [-0.3, -0.25) is 9.89 Å². The smallest absolute Gasteiger partial charge is 0.338 e. The van der Waals surface area contributed by atoms with Crippen LogP contribution in [0.1, 0.15) is 36.4 Å². The number of nitrogens with one attached hydrogen (secondary N) is 1. The summed E-state index contributed by atoms with van der Waals surface area (Å²) < 4.78 is 19.8. The summed E-state index contributed by atoms with van der Waals surface area (Å²) in [7, 11) is 0. The fourth-order valence-electron chi connectivity index (χ4n) is 3.90. The molecule has 3 N–H and O–H groups in total. The summed E-state index contributed by atoms with van der Waals surface area (Å²) in [5.74, 6) is -0.227. The fourth-order valence-corrected chi connectivity index (χ4v) is 5.06. The van der Waals surface area contributed by atoms with Gasteiger partial charge in [-0.1, -0.05) is 22.0 Å². The van der Waals surface area contributed by atoms with Crippen molar-refractivity contribution in [3.05, 3.63) is 61.9 Å². The van der Waals surface area contributed by atoms with E-state index in [1.54, 1.807) is 19.2 Å². The number of thiazole rings is 1. The zero-order valence-corrected chi connectivity index (χ0v) is 20.1. The number of halogens is 2. The van der Waals surface area contributed by atoms with Crippen LogP contribution in [-0.4, -0.2) is 54.0 Å². The summed E-state index contributed by atoms with van der Waals surface area (Å²) in [4.78, 5) is 24.6. The molecular formula is C22H25BrFN5O2S. The number of carbonyl (C=O) groups excluding carboxylic acids is 1. The van der Waals surface area contributed by atoms with Gasteiger partial charge in [0.05, 0.1) is 12.2 Å². The van der Waals surface area contributed by atoms with Gasteiger partial charge in [0.2, 0.25) is 0 Å². The average molecular weight is 522 g/mol. The molecule has 7 nitrogen and oxygen atoms in total. The highest BCUT2D eigenvalue weighted by atomic mass is 79.9. The second-order valence-electron chi connectivity index (χ2n) is 7.73. The number of likely N-dealkylation sites (tertiary alicyclic amines) is 1. The summed E-state index contributed by atoms with van der Waals surface area (Å²) in [5, 5.41) is 5.94. The Morgan fingerprint density at radius 2 is 2.19 bits per heavy atom. The third-order valence-corrected chi connectivity index (χ3v) is 6.99. The van der Waals surface area contributed by atoms with Crippen LogP contribution in [0.2, 0.25) is 0 Å². The predicted molar refractivity (Wildman–Crippen MR) is 126 cm³/mol. The Bertz CT molecular complexity index is 1030. The summed E-state index contributed by atoms with van der Waals surface area (Å²) in [5.41, 5.74) is 7.90. The number of esters is 1. The van der Waals surface area contributed by atoms with E-state index in [0.717, 1.165) is 31.6 Å². The third kappa shape index (κ3) is 5.09. The van der Waals surface area contributed by atoms with Gasteiger partial charge in [-0.2, -0.15) is 0 Å². The van der Waals surface area contributed by atoms with Crippen LogP contribution < -0.4 is 11.1 Å². The monoisotopic (exact) mass is 521 g/mol. The zero-order chi connectivity index (χ0) is 22.7. The lowest BCUT2D eigenvalue weighted by molar-refractivity contribution is -0.139. The van der Waals surface area contributed by atoms with Crippen molar-refractivity contribution >= 4 is 39.1 Å². The molecule has 1 fully saturated rings. The lowest BCUT2D eigenvalue weighted by Crippen LogP contribution is -2.44. The molecule has 0 saturated carbocycles. The van der Waals surface area contributed by atoms with Gasteiger partial charge in [0.15, 0.2) is 10.8 Å². The number of benzene rings is 1. The minimum Gasteiger partial charge on any atom is -0.463 e. The van der Waals surface area contributed by atoms with Crippen LogP contribution >= 0.6 is 27.3 Å². The number of piperidine rings is 1. The highest BCUT2D eigenvalue weighted by Crippen LogP contribution is 2.37. The Kier molecular flexibility index (Phi) is 7.34. The van der Waals surface area contributed by atoms with E-state index in [-0.39, 0.29) is 18.5 Å². The van der Waals surface area contributed by atoms with E-state index in [0.29, 0.717) is 33.0 Å². The molecule has 1 atom stereocenters. The first kappa shape index (κ1) is 23.0. The van der Waals surface area contributed by atoms with Crippen molar-refractivity contribution in [2.75, 3.05) is 26.2 Å². The second-order valence-corrected chi connectivity index (χ2v) is 9.48. The molecule has 1 unspecified atom stereocenters. The van der Waals surface area contributed by atoms with E-state index in [1.807, 2.05) is 5.38 Å². The molecule has 32 heavy (non-hydrogen) atoms. The number of carbonyl (C=O) groups is 1. The maximum atomic E-state index is 13.8. The topological polar surface area (TPSA) is 92.8 Å². The highest BCUT2D eigenvalue weighted by Gasteiger charge is 2.34. The number of amidine groups is 1. The second kappa shape index (κ2) is 10.2. The van der Waals surface area contributed by atoms with Crippen LogP contribution in [0.15, 0.2) is 50.5 Å². The molecule has 0 amide bonds. The number of nitrogens with two attached hydrogens (primary N) is 1. The van der Waals surface area contributed by atoms with Crippen molar-refractivity contribution in [1.29, 1.82) is 0 Å². The summed E-state index contributed by atoms with van der Waals surface area (Å²) in [6, 6.07) is 3.94. The maximum Gasteiger partial charge on any atom is 0.338 e. The van der Waals surface area contributed by atoms with Gasteiger partial charge >= 0.3 is 5.97 Å². The number of hydrogen-bond donors (Lipinski definition) is 2. The van der Waals surface area contributed by atoms with Crippen LogP contribution in [0.5, 0.6) is 0 Å². The number of hydrogen-bond acceptors (Lipinski definition) is 8. The minimum absolute atomic E-state index is 0.208. The standard InChI is InChI=1S/C22H25BrFN5O2S/c1-2-31-22(30)18-17(12-29-8-5-14(25)6-9-29)27-20(21-26-7-10-32-21)28-19(18)15-4-3-13(24)11-16(15)23/h3-4,7,10-11,14,19H,2,5-6,8-9,12,25H2,1H3,(H,27,28). The van der Waals surface area contributed by atoms with E-state index in [1.165, 1.54) is 23.5 Å². The van der Waals surface area contributed by atoms with Gasteiger partial charge < -0.3 is 15.8 Å². The normalized spacial score (nSPS) is 20.1. The quantitative estimate of drug-likeness (QED) is 0.566. The first-order chi connectivity index (χ1) is 15.5. The molecule has 3 heterocycles. The van der Waals surface area contributed by atoms with Crippen molar-refractivity contribution < 1.29 is 13.9 Å². The Hall–Kier alpha value is -2.14. The molecule has 0 spiro atoms. The summed E-state index contributed by atoms with van der Waals surface area (Å²) in [6.45, 7) is 4.23. The van der Waals surface area contributed by atoms with Crippen molar-refractivity contribution in [3.63, 3.8) is 0 Å². The van der Waals surface area contributed by atoms with Gasteiger partial charge in [-0.05, 0) is 37.5 Å². The van der Waals surface area contributed by atoms with E-state index >= 15 is 0 Å². The molecule has 1 aromatic heterocycles. The van der Waals surface area contributed by atoms with Gasteiger partial charge in [-0.15, -0.1) is 11.3 Å². The van der Waals surface area contributed by atoms with Crippen LogP contribution in [0.3, 0.4) is 0 Å². The number of nitrogens with zero attached hydrogens (tertiary/aromatic N) is 3. The molecule has 2 aromatic rings. The van der Waals surface area contributed by atoms with Gasteiger partial charge in [-0.25, -0.2) is 14.2 Å². The van der Waals surface area contributed by atoms with Gasteiger partial charge in [0, 0.05) is 47.4 Å². The van der Waals surface area contributed by atoms with E-state index in [2.05, 4.69) is 31.1 Å². The van der Waals surface area contributed by atoms with Crippen molar-refractivity contribution in [1.82, 2.24) is 15.2 Å². The molecule has 0 aliphatic carbocycles. The van der Waals surface area contributed by atoms with Gasteiger partial charge in [0.25, 0.3) is 0 Å². The SMILES string of the molecule is CCOC(=O)C1=C(CN2CCC(N)CC2)NC(c2nccs2)=NC1c1ccc(F)cc1Br. The molecule has 4 rings (SSSR count). The van der Waals surface area contributed by atoms with Crippen molar-refractivity contribution in [2.24, 2.45) is 10.7 Å². The minimum atomic E-state index is -0.661. The first-order valence-corrected chi connectivity index (χ1v) is 12.2. The molecule has 2 aliphatic rings. The number of rotatable bonds is 6. The first-order valence-electron chi connectivity index (χ1n) is 10.5. The lowest BCUT2D eigenvalue weighted by Gasteiger charge is -2.34. The maximum absolute atomic E-state index is 13.8. The van der Waals surface area contributed by atoms with Crippen molar-refractivity contribution in [2.45, 2.75) is 31.8 Å². The Morgan fingerprint density at radius 3 is 2.84 bits per heavy atom. The molecule has 170 valence electrons. The Balaban J connectivity index is 1.79. The van der Waals surface area contributed by atoms with Crippen LogP contribution in [0, 0.1) is 5.82 Å². The number of ether oxygens (including phenoxy) is 1. The van der Waals surface area contributed by atoms with E-state index in [4.69, 9.17) is 15.5 Å². The average Bonchev–Trinajstić information content (AvgIpc) is 3.30. The largest absolute Gasteiger partial charge is 0.463 e. The Morgan fingerprint density at radius 1 is 1.41 bits per heavy atom. The number of aliphatic imine (C=N–C) groups is 1. The van der Waals surface area contributed by atoms with Gasteiger partial charge in [0.1, 0.15) is 11.9 Å². The third-order valence-electron chi connectivity index (χ3n) is 5.53. The highest BCUT2D eigenvalue weighted by molar-refractivity contribution is 9.10. The molecule has 1 aromatic carbocycles. The molecule has 2 aliphatic heterocycles. The Labute approximate surface area is 198 Å². The fraction of sp³-hybridized carbons (Fsp3) is 0.409. The molecule has 0 radical (unpaired) electrons. The van der Waals surface area contributed by atoms with Crippen molar-refractivity contribution in [3.8, 4) is 0 Å². The zero-order valence-electron chi connectivity index (χ0n) is 17.7. The van der Waals surface area contributed by atoms with E-state index in [9.17, 15) is 9.18 Å². The molecule has 10 heteroatoms. The number of aromatic nitrogens is 1. The summed E-state index contributed by atoms with van der Waals surface area (Å²) >= 11 is 4.91. The predicted octanol–water partition coefficient (Wildman–Crippen LogP) is 3.38. The lowest BCUT2D eigenvalue weighted by atomic mass is 9.95. The molecule has 1 saturated heterocycles. The molecule has 0 bridgehead atoms. The molecular weight excluding hydrogens is 497 g/mol. The van der Waals surface area contributed by atoms with E-state index < -0.39 is 12.0 Å².